The fourth-order valence-corrected chi connectivity index (χ4v) is 3.79. The van der Waals surface area contributed by atoms with Crippen molar-refractivity contribution in [3.05, 3.63) is 42.4 Å². The number of carbonyl (C=O) groups is 1. The predicted octanol–water partition coefficient (Wildman–Crippen LogP) is 2.40. The zero-order valence-corrected chi connectivity index (χ0v) is 17.0. The lowest BCUT2D eigenvalue weighted by Crippen LogP contribution is -2.41. The molecule has 0 radical (unpaired) electrons. The summed E-state index contributed by atoms with van der Waals surface area (Å²) in [5, 5.41) is 10.8. The van der Waals surface area contributed by atoms with Gasteiger partial charge in [0.15, 0.2) is 5.65 Å². The van der Waals surface area contributed by atoms with Crippen LogP contribution in [0.4, 0.5) is 17.1 Å². The maximum atomic E-state index is 13.1. The number of carbonyl (C=O) groups excluding carboxylic acids is 1. The first kappa shape index (κ1) is 18.7. The summed E-state index contributed by atoms with van der Waals surface area (Å²) in [4.78, 5) is 19.6. The van der Waals surface area contributed by atoms with E-state index >= 15 is 0 Å². The smallest absolute Gasteiger partial charge is 0.261 e. The monoisotopic (exact) mass is 408 g/mol. The van der Waals surface area contributed by atoms with Gasteiger partial charge < -0.3 is 25.0 Å². The Balaban J connectivity index is 1.52. The Morgan fingerprint density at radius 2 is 2.10 bits per heavy atom. The molecule has 30 heavy (non-hydrogen) atoms. The molecule has 5 rings (SSSR count). The molecular formula is C21H24N6O3. The molecular weight excluding hydrogens is 384 g/mol. The van der Waals surface area contributed by atoms with Gasteiger partial charge in [0.05, 0.1) is 42.0 Å². The van der Waals surface area contributed by atoms with Crippen molar-refractivity contribution < 1.29 is 14.3 Å². The predicted molar refractivity (Wildman–Crippen MR) is 114 cm³/mol. The molecule has 2 aromatic heterocycles. The van der Waals surface area contributed by atoms with Crippen molar-refractivity contribution in [1.29, 1.82) is 0 Å². The van der Waals surface area contributed by atoms with Gasteiger partial charge in [0.2, 0.25) is 0 Å². The molecule has 2 aliphatic rings. The summed E-state index contributed by atoms with van der Waals surface area (Å²) < 4.78 is 13.1. The molecule has 0 saturated carbocycles. The van der Waals surface area contributed by atoms with Crippen molar-refractivity contribution in [3.8, 4) is 5.75 Å². The van der Waals surface area contributed by atoms with Crippen LogP contribution in [0.2, 0.25) is 0 Å². The number of fused-ring (bicyclic) bond motifs is 2. The topological polar surface area (TPSA) is 93.0 Å². The molecule has 9 heteroatoms. The van der Waals surface area contributed by atoms with Gasteiger partial charge in [-0.15, -0.1) is 0 Å². The van der Waals surface area contributed by atoms with E-state index in [2.05, 4.69) is 39.5 Å². The summed E-state index contributed by atoms with van der Waals surface area (Å²) in [5.74, 6) is 0.528. The molecule has 0 aliphatic carbocycles. The molecule has 0 bridgehead atoms. The van der Waals surface area contributed by atoms with Crippen molar-refractivity contribution in [2.75, 3.05) is 48.4 Å². The lowest BCUT2D eigenvalue weighted by Gasteiger charge is -2.36. The van der Waals surface area contributed by atoms with E-state index in [9.17, 15) is 4.79 Å². The normalized spacial score (nSPS) is 17.7. The highest BCUT2D eigenvalue weighted by molar-refractivity contribution is 6.10. The summed E-state index contributed by atoms with van der Waals surface area (Å²) in [6.07, 6.45) is 4.95. The second-order valence-corrected chi connectivity index (χ2v) is 8.16. The number of amides is 1. The summed E-state index contributed by atoms with van der Waals surface area (Å²) in [6, 6.07) is 5.71. The molecule has 156 valence electrons. The Labute approximate surface area is 174 Å². The number of anilines is 3. The largest absolute Gasteiger partial charge is 0.489 e. The summed E-state index contributed by atoms with van der Waals surface area (Å²) in [5.41, 5.74) is 3.23. The summed E-state index contributed by atoms with van der Waals surface area (Å²) in [7, 11) is 0. The number of nitrogens with one attached hydrogen (secondary N) is 2. The van der Waals surface area contributed by atoms with E-state index in [1.54, 1.807) is 23.0 Å². The van der Waals surface area contributed by atoms with E-state index in [0.717, 1.165) is 30.2 Å². The van der Waals surface area contributed by atoms with Crippen LogP contribution < -0.4 is 20.3 Å². The average molecular weight is 408 g/mol. The molecule has 2 aliphatic heterocycles. The highest BCUT2D eigenvalue weighted by Crippen LogP contribution is 2.41. The third kappa shape index (κ3) is 3.41. The highest BCUT2D eigenvalue weighted by atomic mass is 16.5. The summed E-state index contributed by atoms with van der Waals surface area (Å²) >= 11 is 0. The summed E-state index contributed by atoms with van der Waals surface area (Å²) in [6.45, 7) is 7.52. The van der Waals surface area contributed by atoms with Crippen molar-refractivity contribution in [3.63, 3.8) is 0 Å². The number of hydrogen-bond acceptors (Lipinski definition) is 7. The molecule has 1 amide bonds. The number of morpholine rings is 1. The van der Waals surface area contributed by atoms with Crippen LogP contribution in [0.3, 0.4) is 0 Å². The maximum Gasteiger partial charge on any atom is 0.261 e. The van der Waals surface area contributed by atoms with Crippen molar-refractivity contribution >= 4 is 28.6 Å². The van der Waals surface area contributed by atoms with Gasteiger partial charge in [-0.1, -0.05) is 0 Å². The third-order valence-electron chi connectivity index (χ3n) is 5.28. The molecule has 0 atom stereocenters. The lowest BCUT2D eigenvalue weighted by atomic mass is 10.0. The van der Waals surface area contributed by atoms with Crippen LogP contribution in [0.5, 0.6) is 5.75 Å². The Kier molecular flexibility index (Phi) is 4.47. The molecule has 2 N–H and O–H groups in total. The molecule has 1 aromatic carbocycles. The van der Waals surface area contributed by atoms with Gasteiger partial charge in [0.1, 0.15) is 17.9 Å². The Morgan fingerprint density at radius 3 is 2.93 bits per heavy atom. The minimum Gasteiger partial charge on any atom is -0.489 e. The molecule has 1 fully saturated rings. The minimum atomic E-state index is -0.255. The van der Waals surface area contributed by atoms with Crippen LogP contribution in [0.1, 0.15) is 24.2 Å². The molecule has 0 spiro atoms. The maximum absolute atomic E-state index is 13.1. The fraction of sp³-hybridized carbons (Fsp3) is 0.381. The molecule has 9 nitrogen and oxygen atoms in total. The first-order valence-corrected chi connectivity index (χ1v) is 10.0. The van der Waals surface area contributed by atoms with E-state index < -0.39 is 0 Å². The zero-order chi connectivity index (χ0) is 20.7. The van der Waals surface area contributed by atoms with Gasteiger partial charge in [-0.3, -0.25) is 4.79 Å². The second kappa shape index (κ2) is 7.17. The van der Waals surface area contributed by atoms with Gasteiger partial charge >= 0.3 is 0 Å². The van der Waals surface area contributed by atoms with Crippen LogP contribution in [0, 0.1) is 0 Å². The van der Waals surface area contributed by atoms with Crippen LogP contribution in [0.15, 0.2) is 36.8 Å². The van der Waals surface area contributed by atoms with Crippen LogP contribution >= 0.6 is 0 Å². The standard InChI is InChI=1S/C21H24N6O3/c1-21(2)13-30-18-11-17(26-6-8-29-9-7-26)15(10-16(18)25-21)24-20(28)14-12-23-27-5-3-4-22-19(14)27/h3-5,10-12,25H,6-9,13H2,1-2H3,(H,24,28). The average Bonchev–Trinajstić information content (AvgIpc) is 3.17. The van der Waals surface area contributed by atoms with E-state index in [0.29, 0.717) is 36.7 Å². The first-order valence-electron chi connectivity index (χ1n) is 10.0. The van der Waals surface area contributed by atoms with E-state index in [4.69, 9.17) is 9.47 Å². The second-order valence-electron chi connectivity index (χ2n) is 8.16. The highest BCUT2D eigenvalue weighted by Gasteiger charge is 2.28. The van der Waals surface area contributed by atoms with Gasteiger partial charge in [-0.25, -0.2) is 9.50 Å². The van der Waals surface area contributed by atoms with Crippen molar-refractivity contribution in [1.82, 2.24) is 14.6 Å². The van der Waals surface area contributed by atoms with Gasteiger partial charge in [0.25, 0.3) is 5.91 Å². The Hall–Kier alpha value is -3.33. The van der Waals surface area contributed by atoms with Gasteiger partial charge in [-0.2, -0.15) is 5.10 Å². The zero-order valence-electron chi connectivity index (χ0n) is 17.0. The number of nitrogens with zero attached hydrogens (tertiary/aromatic N) is 4. The van der Waals surface area contributed by atoms with E-state index in [-0.39, 0.29) is 11.4 Å². The number of ether oxygens (including phenoxy) is 2. The van der Waals surface area contributed by atoms with Crippen molar-refractivity contribution in [2.45, 2.75) is 19.4 Å². The van der Waals surface area contributed by atoms with E-state index in [1.165, 1.54) is 6.20 Å². The van der Waals surface area contributed by atoms with Gasteiger partial charge in [-0.05, 0) is 26.0 Å². The van der Waals surface area contributed by atoms with Crippen LogP contribution in [0.25, 0.3) is 5.65 Å². The molecule has 0 unspecified atom stereocenters. The van der Waals surface area contributed by atoms with Crippen LogP contribution in [-0.2, 0) is 4.74 Å². The van der Waals surface area contributed by atoms with Crippen LogP contribution in [-0.4, -0.2) is 59.0 Å². The number of benzene rings is 1. The number of aromatic nitrogens is 3. The number of hydrogen-bond donors (Lipinski definition) is 2. The molecule has 4 heterocycles. The Morgan fingerprint density at radius 1 is 1.27 bits per heavy atom. The first-order chi connectivity index (χ1) is 14.5. The molecule has 3 aromatic rings. The minimum absolute atomic E-state index is 0.193. The fourth-order valence-electron chi connectivity index (χ4n) is 3.79. The third-order valence-corrected chi connectivity index (χ3v) is 5.28. The van der Waals surface area contributed by atoms with E-state index in [1.807, 2.05) is 12.1 Å². The van der Waals surface area contributed by atoms with Crippen molar-refractivity contribution in [2.24, 2.45) is 0 Å². The Bertz CT molecular complexity index is 1100. The quantitative estimate of drug-likeness (QED) is 0.687. The van der Waals surface area contributed by atoms with Gasteiger partial charge in [0, 0.05) is 31.5 Å². The molecule has 1 saturated heterocycles. The lowest BCUT2D eigenvalue weighted by molar-refractivity contribution is 0.102. The SMILES string of the molecule is CC1(C)COc2cc(N3CCOCC3)c(NC(=O)c3cnn4cccnc34)cc2N1. The number of rotatable bonds is 3.